The summed E-state index contributed by atoms with van der Waals surface area (Å²) in [5.41, 5.74) is 0.654. The van der Waals surface area contributed by atoms with E-state index in [2.05, 4.69) is 59.2 Å². The van der Waals surface area contributed by atoms with Crippen LogP contribution in [0.5, 0.6) is 0 Å². The van der Waals surface area contributed by atoms with Crippen molar-refractivity contribution in [2.75, 3.05) is 11.9 Å². The lowest BCUT2D eigenvalue weighted by Crippen LogP contribution is -1.99. The molecule has 0 aliphatic heterocycles. The fourth-order valence-corrected chi connectivity index (χ4v) is 2.37. The molecule has 7 heteroatoms. The van der Waals surface area contributed by atoms with Gasteiger partial charge in [-0.3, -0.25) is 4.98 Å². The summed E-state index contributed by atoms with van der Waals surface area (Å²) in [4.78, 5) is 8.45. The normalized spacial score (nSPS) is 10.5. The van der Waals surface area contributed by atoms with Crippen molar-refractivity contribution in [3.8, 4) is 11.5 Å². The maximum absolute atomic E-state index is 5.06. The van der Waals surface area contributed by atoms with E-state index in [1.165, 1.54) is 0 Å². The number of nitrogens with one attached hydrogen (secondary N) is 1. The smallest absolute Gasteiger partial charge is 0.321 e. The molecule has 0 unspecified atom stereocenters. The van der Waals surface area contributed by atoms with Gasteiger partial charge in [0.2, 0.25) is 5.82 Å². The summed E-state index contributed by atoms with van der Waals surface area (Å²) in [7, 11) is 0. The molecule has 0 saturated heterocycles. The first-order chi connectivity index (χ1) is 8.20. The third-order valence-corrected chi connectivity index (χ3v) is 3.01. The van der Waals surface area contributed by atoms with Crippen molar-refractivity contribution in [1.82, 2.24) is 15.1 Å². The molecule has 5 nitrogen and oxygen atoms in total. The van der Waals surface area contributed by atoms with Crippen molar-refractivity contribution in [2.45, 2.75) is 13.3 Å². The highest BCUT2D eigenvalue weighted by Gasteiger charge is 2.12. The van der Waals surface area contributed by atoms with Crippen LogP contribution in [0.15, 0.2) is 25.7 Å². The van der Waals surface area contributed by atoms with Gasteiger partial charge in [-0.15, -0.1) is 0 Å². The zero-order valence-corrected chi connectivity index (χ0v) is 12.2. The SMILES string of the molecule is CCCNc1nc(-c2ncc(Br)cc2Br)no1. The Balaban J connectivity index is 2.24. The van der Waals surface area contributed by atoms with E-state index in [1.807, 2.05) is 6.07 Å². The van der Waals surface area contributed by atoms with Gasteiger partial charge in [0.1, 0.15) is 5.69 Å². The summed E-state index contributed by atoms with van der Waals surface area (Å²) in [5, 5.41) is 6.90. The molecule has 2 heterocycles. The minimum atomic E-state index is 0.415. The topological polar surface area (TPSA) is 63.8 Å². The third kappa shape index (κ3) is 3.04. The maximum Gasteiger partial charge on any atom is 0.321 e. The Hall–Kier alpha value is -0.950. The first-order valence-electron chi connectivity index (χ1n) is 5.09. The van der Waals surface area contributed by atoms with E-state index >= 15 is 0 Å². The zero-order chi connectivity index (χ0) is 12.3. The van der Waals surface area contributed by atoms with E-state index in [-0.39, 0.29) is 0 Å². The molecule has 0 aliphatic rings. The highest BCUT2D eigenvalue weighted by atomic mass is 79.9. The van der Waals surface area contributed by atoms with E-state index < -0.39 is 0 Å². The van der Waals surface area contributed by atoms with Crippen LogP contribution in [0, 0.1) is 0 Å². The molecule has 17 heavy (non-hydrogen) atoms. The molecular weight excluding hydrogens is 352 g/mol. The van der Waals surface area contributed by atoms with Crippen LogP contribution in [0.4, 0.5) is 6.01 Å². The van der Waals surface area contributed by atoms with Crippen molar-refractivity contribution in [1.29, 1.82) is 0 Å². The zero-order valence-electron chi connectivity index (χ0n) is 9.07. The first kappa shape index (κ1) is 12.5. The second kappa shape index (κ2) is 5.59. The number of aromatic nitrogens is 3. The first-order valence-corrected chi connectivity index (χ1v) is 6.68. The van der Waals surface area contributed by atoms with Crippen LogP contribution in [0.3, 0.4) is 0 Å². The number of rotatable bonds is 4. The monoisotopic (exact) mass is 360 g/mol. The summed E-state index contributed by atoms with van der Waals surface area (Å²) >= 11 is 6.75. The van der Waals surface area contributed by atoms with Crippen LogP contribution >= 0.6 is 31.9 Å². The minimum Gasteiger partial charge on any atom is -0.338 e. The van der Waals surface area contributed by atoms with Crippen LogP contribution in [-0.2, 0) is 0 Å². The van der Waals surface area contributed by atoms with Gasteiger partial charge in [0, 0.05) is 21.7 Å². The van der Waals surface area contributed by atoms with Crippen molar-refractivity contribution in [3.05, 3.63) is 21.2 Å². The molecule has 0 spiro atoms. The fraction of sp³-hybridized carbons (Fsp3) is 0.300. The number of hydrogen-bond acceptors (Lipinski definition) is 5. The maximum atomic E-state index is 5.06. The van der Waals surface area contributed by atoms with Gasteiger partial charge >= 0.3 is 6.01 Å². The average molecular weight is 362 g/mol. The number of hydrogen-bond donors (Lipinski definition) is 1. The Morgan fingerprint density at radius 1 is 1.41 bits per heavy atom. The van der Waals surface area contributed by atoms with Crippen LogP contribution in [0.25, 0.3) is 11.5 Å². The molecule has 0 saturated carbocycles. The molecule has 0 aliphatic carbocycles. The second-order valence-electron chi connectivity index (χ2n) is 3.33. The largest absolute Gasteiger partial charge is 0.338 e. The van der Waals surface area contributed by atoms with Crippen molar-refractivity contribution < 1.29 is 4.52 Å². The van der Waals surface area contributed by atoms with Gasteiger partial charge in [-0.1, -0.05) is 12.1 Å². The van der Waals surface area contributed by atoms with Gasteiger partial charge in [0.25, 0.3) is 0 Å². The quantitative estimate of drug-likeness (QED) is 0.903. The van der Waals surface area contributed by atoms with E-state index in [1.54, 1.807) is 6.20 Å². The van der Waals surface area contributed by atoms with Crippen LogP contribution in [0.1, 0.15) is 13.3 Å². The molecule has 0 bridgehead atoms. The van der Waals surface area contributed by atoms with E-state index in [0.29, 0.717) is 17.5 Å². The molecule has 0 amide bonds. The standard InChI is InChI=1S/C10H10Br2N4O/c1-2-3-13-10-15-9(16-17-10)8-7(12)4-6(11)5-14-8/h4-5H,2-3H2,1H3,(H,13,15,16). The molecular formula is C10H10Br2N4O. The van der Waals surface area contributed by atoms with E-state index in [0.717, 1.165) is 21.9 Å². The van der Waals surface area contributed by atoms with Crippen LogP contribution < -0.4 is 5.32 Å². The van der Waals surface area contributed by atoms with Crippen LogP contribution in [-0.4, -0.2) is 21.7 Å². The lowest BCUT2D eigenvalue weighted by atomic mass is 10.3. The Morgan fingerprint density at radius 3 is 2.94 bits per heavy atom. The van der Waals surface area contributed by atoms with Gasteiger partial charge in [0.15, 0.2) is 0 Å². The lowest BCUT2D eigenvalue weighted by molar-refractivity contribution is 0.432. The summed E-state index contributed by atoms with van der Waals surface area (Å²) in [6.45, 7) is 2.87. The van der Waals surface area contributed by atoms with Gasteiger partial charge in [-0.2, -0.15) is 4.98 Å². The van der Waals surface area contributed by atoms with E-state index in [9.17, 15) is 0 Å². The highest BCUT2D eigenvalue weighted by molar-refractivity contribution is 9.11. The lowest BCUT2D eigenvalue weighted by Gasteiger charge is -1.98. The van der Waals surface area contributed by atoms with Crippen LogP contribution in [0.2, 0.25) is 0 Å². The molecule has 0 fully saturated rings. The Labute approximate surface area is 115 Å². The molecule has 2 aromatic rings. The number of halogens is 2. The average Bonchev–Trinajstić information content (AvgIpc) is 2.75. The predicted molar refractivity (Wildman–Crippen MR) is 71.7 cm³/mol. The van der Waals surface area contributed by atoms with Gasteiger partial charge < -0.3 is 9.84 Å². The molecule has 0 atom stereocenters. The molecule has 90 valence electrons. The Kier molecular flexibility index (Phi) is 4.11. The summed E-state index contributed by atoms with van der Waals surface area (Å²) in [5.74, 6) is 0.461. The number of nitrogens with zero attached hydrogens (tertiary/aromatic N) is 3. The summed E-state index contributed by atoms with van der Waals surface area (Å²) < 4.78 is 6.77. The third-order valence-electron chi connectivity index (χ3n) is 1.97. The number of anilines is 1. The number of pyridine rings is 1. The predicted octanol–water partition coefficient (Wildman–Crippen LogP) is 3.48. The van der Waals surface area contributed by atoms with Crippen molar-refractivity contribution in [2.24, 2.45) is 0 Å². The Bertz CT molecular complexity index is 515. The minimum absolute atomic E-state index is 0.415. The van der Waals surface area contributed by atoms with Crippen molar-refractivity contribution in [3.63, 3.8) is 0 Å². The van der Waals surface area contributed by atoms with E-state index in [4.69, 9.17) is 4.52 Å². The molecule has 0 aromatic carbocycles. The van der Waals surface area contributed by atoms with Gasteiger partial charge in [-0.25, -0.2) is 0 Å². The molecule has 0 radical (unpaired) electrons. The second-order valence-corrected chi connectivity index (χ2v) is 5.10. The van der Waals surface area contributed by atoms with Gasteiger partial charge in [-0.05, 0) is 44.3 Å². The highest BCUT2D eigenvalue weighted by Crippen LogP contribution is 2.26. The molecule has 2 rings (SSSR count). The fourth-order valence-electron chi connectivity index (χ4n) is 1.20. The summed E-state index contributed by atoms with van der Waals surface area (Å²) in [6.07, 6.45) is 2.69. The summed E-state index contributed by atoms with van der Waals surface area (Å²) in [6, 6.07) is 2.30. The Morgan fingerprint density at radius 2 is 2.24 bits per heavy atom. The molecule has 2 aromatic heterocycles. The van der Waals surface area contributed by atoms with Crippen molar-refractivity contribution >= 4 is 37.9 Å². The van der Waals surface area contributed by atoms with Gasteiger partial charge in [0.05, 0.1) is 0 Å². The molecule has 1 N–H and O–H groups in total.